The molecule has 1 fully saturated rings. The number of carbonyl (C=O) groups excluding carboxylic acids is 1. The third-order valence-electron chi connectivity index (χ3n) is 6.76. The van der Waals surface area contributed by atoms with Crippen LogP contribution in [0.15, 0.2) is 54.9 Å². The fourth-order valence-corrected chi connectivity index (χ4v) is 4.86. The molecule has 3 aromatic rings. The van der Waals surface area contributed by atoms with Gasteiger partial charge in [-0.2, -0.15) is 0 Å². The maximum absolute atomic E-state index is 13.1. The van der Waals surface area contributed by atoms with E-state index < -0.39 is 0 Å². The van der Waals surface area contributed by atoms with Gasteiger partial charge in [-0.05, 0) is 88.9 Å². The van der Waals surface area contributed by atoms with Crippen molar-refractivity contribution in [2.75, 3.05) is 26.2 Å². The molecule has 2 aromatic heterocycles. The Morgan fingerprint density at radius 1 is 1.16 bits per heavy atom. The molecule has 5 nitrogen and oxygen atoms in total. The number of nitrogens with zero attached hydrogens (tertiary/aromatic N) is 3. The van der Waals surface area contributed by atoms with E-state index in [9.17, 15) is 4.79 Å². The smallest absolute Gasteiger partial charge is 0.270 e. The molecular weight excluding hydrogens is 384 g/mol. The average Bonchev–Trinajstić information content (AvgIpc) is 3.22. The zero-order valence-electron chi connectivity index (χ0n) is 19.0. The lowest BCUT2D eigenvalue weighted by Crippen LogP contribution is -2.50. The molecule has 1 aromatic carbocycles. The van der Waals surface area contributed by atoms with E-state index in [1.807, 2.05) is 47.6 Å². The molecule has 1 aliphatic heterocycles. The van der Waals surface area contributed by atoms with Gasteiger partial charge in [0.15, 0.2) is 0 Å². The molecule has 0 saturated carbocycles. The van der Waals surface area contributed by atoms with Gasteiger partial charge >= 0.3 is 0 Å². The summed E-state index contributed by atoms with van der Waals surface area (Å²) in [6.07, 6.45) is 7.05. The summed E-state index contributed by atoms with van der Waals surface area (Å²) < 4.78 is 0. The van der Waals surface area contributed by atoms with Crippen molar-refractivity contribution < 1.29 is 4.79 Å². The molecule has 0 radical (unpaired) electrons. The van der Waals surface area contributed by atoms with E-state index in [1.54, 1.807) is 0 Å². The van der Waals surface area contributed by atoms with E-state index >= 15 is 0 Å². The molecule has 0 spiro atoms. The summed E-state index contributed by atoms with van der Waals surface area (Å²) in [7, 11) is 0. The highest BCUT2D eigenvalue weighted by molar-refractivity contribution is 5.98. The van der Waals surface area contributed by atoms with Crippen molar-refractivity contribution in [1.29, 1.82) is 0 Å². The van der Waals surface area contributed by atoms with Crippen LogP contribution >= 0.6 is 0 Å². The Kier molecular flexibility index (Phi) is 6.42. The number of hydrogen-bond donors (Lipinski definition) is 1. The van der Waals surface area contributed by atoms with Gasteiger partial charge in [-0.15, -0.1) is 0 Å². The van der Waals surface area contributed by atoms with Crippen LogP contribution in [0.3, 0.4) is 0 Å². The van der Waals surface area contributed by atoms with Crippen LogP contribution < -0.4 is 0 Å². The normalized spacial score (nSPS) is 16.0. The number of carbonyl (C=O) groups is 1. The highest BCUT2D eigenvalue weighted by Gasteiger charge is 2.32. The van der Waals surface area contributed by atoms with Crippen LogP contribution in [-0.2, 0) is 6.42 Å². The minimum atomic E-state index is 0.110. The number of para-hydroxylation sites is 1. The number of fused-ring (bicyclic) bond motifs is 1. The molecular formula is C26H34N4O. The zero-order valence-corrected chi connectivity index (χ0v) is 19.0. The fourth-order valence-electron chi connectivity index (χ4n) is 4.86. The Morgan fingerprint density at radius 2 is 1.87 bits per heavy atom. The van der Waals surface area contributed by atoms with Crippen molar-refractivity contribution in [1.82, 2.24) is 19.8 Å². The number of nitrogens with one attached hydrogen (secondary N) is 1. The quantitative estimate of drug-likeness (QED) is 0.602. The van der Waals surface area contributed by atoms with Crippen LogP contribution in [0.4, 0.5) is 0 Å². The summed E-state index contributed by atoms with van der Waals surface area (Å²) in [5, 5.41) is 1.09. The second kappa shape index (κ2) is 9.23. The van der Waals surface area contributed by atoms with Gasteiger partial charge in [-0.3, -0.25) is 14.7 Å². The lowest BCUT2D eigenvalue weighted by atomic mass is 9.88. The first-order valence-corrected chi connectivity index (χ1v) is 11.5. The number of aromatic nitrogens is 2. The minimum absolute atomic E-state index is 0.110. The molecule has 0 aliphatic carbocycles. The maximum atomic E-state index is 13.1. The molecule has 3 heterocycles. The number of rotatable bonds is 7. The lowest BCUT2D eigenvalue weighted by molar-refractivity contribution is 0.0546. The summed E-state index contributed by atoms with van der Waals surface area (Å²) >= 11 is 0. The summed E-state index contributed by atoms with van der Waals surface area (Å²) in [6, 6.07) is 14.3. The monoisotopic (exact) mass is 418 g/mol. The van der Waals surface area contributed by atoms with Crippen molar-refractivity contribution >= 4 is 16.8 Å². The summed E-state index contributed by atoms with van der Waals surface area (Å²) in [5.41, 5.74) is 3.17. The second-order valence-electron chi connectivity index (χ2n) is 9.39. The van der Waals surface area contributed by atoms with Crippen LogP contribution in [0.1, 0.15) is 49.7 Å². The summed E-state index contributed by atoms with van der Waals surface area (Å²) in [5.74, 6) is 0.667. The molecule has 164 valence electrons. The van der Waals surface area contributed by atoms with Gasteiger partial charge in [0.05, 0.1) is 0 Å². The van der Waals surface area contributed by atoms with Crippen LogP contribution in [-0.4, -0.2) is 57.4 Å². The van der Waals surface area contributed by atoms with Gasteiger partial charge in [-0.25, -0.2) is 0 Å². The van der Waals surface area contributed by atoms with Gasteiger partial charge in [-0.1, -0.05) is 18.2 Å². The van der Waals surface area contributed by atoms with Gasteiger partial charge < -0.3 is 9.88 Å². The molecule has 0 unspecified atom stereocenters. The Labute approximate surface area is 185 Å². The van der Waals surface area contributed by atoms with Crippen LogP contribution in [0.5, 0.6) is 0 Å². The standard InChI is InChI=1S/C26H34N4O/c1-4-29(25(31)24-17-22-7-5-6-8-23(22)28-24)19-21-11-15-30(16-12-21)26(2,3)18-20-9-13-27-14-10-20/h5-10,13-14,17,21,28H,4,11-12,15-16,18-19H2,1-3H3. The largest absolute Gasteiger partial charge is 0.351 e. The van der Waals surface area contributed by atoms with Crippen LogP contribution in [0, 0.1) is 5.92 Å². The van der Waals surface area contributed by atoms with Crippen LogP contribution in [0.25, 0.3) is 10.9 Å². The van der Waals surface area contributed by atoms with Crippen molar-refractivity contribution in [3.05, 3.63) is 66.1 Å². The molecule has 1 N–H and O–H groups in total. The third kappa shape index (κ3) is 4.99. The Hall–Kier alpha value is -2.66. The molecule has 1 saturated heterocycles. The number of benzene rings is 1. The van der Waals surface area contributed by atoms with E-state index in [-0.39, 0.29) is 11.4 Å². The maximum Gasteiger partial charge on any atom is 0.270 e. The van der Waals surface area contributed by atoms with Gasteiger partial charge in [0, 0.05) is 41.9 Å². The molecule has 1 aliphatic rings. The molecule has 0 bridgehead atoms. The number of H-pyrrole nitrogens is 1. The second-order valence-corrected chi connectivity index (χ2v) is 9.39. The predicted molar refractivity (Wildman–Crippen MR) is 126 cm³/mol. The Morgan fingerprint density at radius 3 is 2.55 bits per heavy atom. The summed E-state index contributed by atoms with van der Waals surface area (Å²) in [6.45, 7) is 10.5. The molecule has 5 heteroatoms. The molecule has 4 rings (SSSR count). The number of likely N-dealkylation sites (tertiary alicyclic amines) is 1. The van der Waals surface area contributed by atoms with E-state index in [0.29, 0.717) is 11.6 Å². The molecule has 31 heavy (non-hydrogen) atoms. The summed E-state index contributed by atoms with van der Waals surface area (Å²) in [4.78, 5) is 25.2. The average molecular weight is 419 g/mol. The minimum Gasteiger partial charge on any atom is -0.351 e. The fraction of sp³-hybridized carbons (Fsp3) is 0.462. The molecule has 1 amide bonds. The third-order valence-corrected chi connectivity index (χ3v) is 6.76. The van der Waals surface area contributed by atoms with E-state index in [2.05, 4.69) is 47.8 Å². The molecule has 0 atom stereocenters. The SMILES string of the molecule is CCN(CC1CCN(C(C)(C)Cc2ccncc2)CC1)C(=O)c1cc2ccccc2[nH]1. The number of aromatic amines is 1. The predicted octanol–water partition coefficient (Wildman–Crippen LogP) is 4.76. The highest BCUT2D eigenvalue weighted by atomic mass is 16.2. The highest BCUT2D eigenvalue weighted by Crippen LogP contribution is 2.28. The first-order chi connectivity index (χ1) is 15.0. The number of piperidine rings is 1. The van der Waals surface area contributed by atoms with E-state index in [4.69, 9.17) is 0 Å². The lowest BCUT2D eigenvalue weighted by Gasteiger charge is -2.44. The van der Waals surface area contributed by atoms with E-state index in [1.165, 1.54) is 5.56 Å². The Bertz CT molecular complexity index is 969. The Balaban J connectivity index is 1.34. The number of hydrogen-bond acceptors (Lipinski definition) is 3. The number of amides is 1. The van der Waals surface area contributed by atoms with Gasteiger partial charge in [0.25, 0.3) is 5.91 Å². The number of pyridine rings is 1. The van der Waals surface area contributed by atoms with Crippen molar-refractivity contribution in [2.45, 2.75) is 45.6 Å². The van der Waals surface area contributed by atoms with Gasteiger partial charge in [0.2, 0.25) is 0 Å². The topological polar surface area (TPSA) is 52.2 Å². The van der Waals surface area contributed by atoms with Crippen LogP contribution in [0.2, 0.25) is 0 Å². The van der Waals surface area contributed by atoms with Crippen molar-refractivity contribution in [2.24, 2.45) is 5.92 Å². The van der Waals surface area contributed by atoms with Crippen molar-refractivity contribution in [3.63, 3.8) is 0 Å². The zero-order chi connectivity index (χ0) is 21.8. The first-order valence-electron chi connectivity index (χ1n) is 11.5. The van der Waals surface area contributed by atoms with Crippen molar-refractivity contribution in [3.8, 4) is 0 Å². The van der Waals surface area contributed by atoms with E-state index in [0.717, 1.165) is 56.3 Å². The van der Waals surface area contributed by atoms with Gasteiger partial charge in [0.1, 0.15) is 5.69 Å². The first kappa shape index (κ1) is 21.6.